The maximum Gasteiger partial charge on any atom is 0.237 e. The van der Waals surface area contributed by atoms with Gasteiger partial charge in [-0.3, -0.25) is 14.5 Å². The highest BCUT2D eigenvalue weighted by Gasteiger charge is 2.44. The number of thiophene rings is 1. The lowest BCUT2D eigenvalue weighted by atomic mass is 9.76. The van der Waals surface area contributed by atoms with E-state index in [1.54, 1.807) is 18.4 Å². The summed E-state index contributed by atoms with van der Waals surface area (Å²) >= 11 is 1.69. The van der Waals surface area contributed by atoms with E-state index >= 15 is 0 Å². The maximum absolute atomic E-state index is 13.1. The van der Waals surface area contributed by atoms with Crippen molar-refractivity contribution in [2.75, 3.05) is 46.4 Å². The first-order valence-electron chi connectivity index (χ1n) is 10.4. The second-order valence-electron chi connectivity index (χ2n) is 8.45. The molecule has 3 aliphatic rings. The smallest absolute Gasteiger partial charge is 0.237 e. The van der Waals surface area contributed by atoms with Crippen LogP contribution in [0.15, 0.2) is 17.5 Å². The summed E-state index contributed by atoms with van der Waals surface area (Å²) in [6.45, 7) is 5.06. The molecule has 7 heteroatoms. The van der Waals surface area contributed by atoms with Crippen LogP contribution in [0.1, 0.15) is 30.6 Å². The van der Waals surface area contributed by atoms with Gasteiger partial charge in [-0.05, 0) is 42.5 Å². The molecule has 4 rings (SSSR count). The molecule has 28 heavy (non-hydrogen) atoms. The van der Waals surface area contributed by atoms with E-state index in [0.29, 0.717) is 50.0 Å². The first-order valence-corrected chi connectivity index (χ1v) is 11.3. The quantitative estimate of drug-likeness (QED) is 0.697. The molecule has 0 unspecified atom stereocenters. The van der Waals surface area contributed by atoms with Crippen LogP contribution in [0.2, 0.25) is 0 Å². The summed E-state index contributed by atoms with van der Waals surface area (Å²) in [5, 5.41) is 2.05. The number of carbonyl (C=O) groups is 2. The molecule has 3 atom stereocenters. The monoisotopic (exact) mass is 405 g/mol. The van der Waals surface area contributed by atoms with E-state index in [1.807, 2.05) is 11.0 Å². The standard InChI is InChI=1S/C21H31N3O3S/c1-27-8-7-23(14-18-4-3-9-28-18)21(26)15-22-11-16-10-17(13-22)19-5-2-6-20(25)24(19)12-16/h3-4,9,16-17,19H,2,5-8,10-15H2,1H3/t16-,17-,19-/m1/s1. The molecule has 0 aliphatic carbocycles. The minimum absolute atomic E-state index is 0.182. The van der Waals surface area contributed by atoms with E-state index in [4.69, 9.17) is 4.74 Å². The van der Waals surface area contributed by atoms with Crippen molar-refractivity contribution < 1.29 is 14.3 Å². The molecule has 0 spiro atoms. The average molecular weight is 406 g/mol. The van der Waals surface area contributed by atoms with Gasteiger partial charge in [0.15, 0.2) is 0 Å². The van der Waals surface area contributed by atoms with E-state index in [-0.39, 0.29) is 5.91 Å². The van der Waals surface area contributed by atoms with Gasteiger partial charge in [-0.15, -0.1) is 11.3 Å². The molecule has 154 valence electrons. The molecule has 0 saturated carbocycles. The molecule has 1 aromatic heterocycles. The lowest BCUT2D eigenvalue weighted by Crippen LogP contribution is -2.61. The number of hydrogen-bond acceptors (Lipinski definition) is 5. The predicted octanol–water partition coefficient (Wildman–Crippen LogP) is 2.06. The third-order valence-electron chi connectivity index (χ3n) is 6.46. The molecule has 3 fully saturated rings. The van der Waals surface area contributed by atoms with Gasteiger partial charge >= 0.3 is 0 Å². The van der Waals surface area contributed by atoms with Crippen molar-refractivity contribution in [1.82, 2.24) is 14.7 Å². The van der Waals surface area contributed by atoms with Crippen LogP contribution in [0.4, 0.5) is 0 Å². The fourth-order valence-electron chi connectivity index (χ4n) is 5.22. The van der Waals surface area contributed by atoms with E-state index in [9.17, 15) is 9.59 Å². The third kappa shape index (κ3) is 4.42. The first-order chi connectivity index (χ1) is 13.6. The predicted molar refractivity (Wildman–Crippen MR) is 109 cm³/mol. The Kier molecular flexibility index (Phi) is 6.33. The number of rotatable bonds is 7. The number of nitrogens with zero attached hydrogens (tertiary/aromatic N) is 3. The van der Waals surface area contributed by atoms with Gasteiger partial charge < -0.3 is 14.5 Å². The van der Waals surface area contributed by atoms with Gasteiger partial charge in [-0.2, -0.15) is 0 Å². The molecule has 3 saturated heterocycles. The zero-order chi connectivity index (χ0) is 19.5. The average Bonchev–Trinajstić information content (AvgIpc) is 3.19. The normalized spacial score (nSPS) is 27.5. The van der Waals surface area contributed by atoms with Crippen LogP contribution in [0.5, 0.6) is 0 Å². The van der Waals surface area contributed by atoms with E-state index in [0.717, 1.165) is 38.9 Å². The lowest BCUT2D eigenvalue weighted by Gasteiger charge is -2.52. The van der Waals surface area contributed by atoms with E-state index in [2.05, 4.69) is 21.2 Å². The van der Waals surface area contributed by atoms with Crippen LogP contribution >= 0.6 is 11.3 Å². The lowest BCUT2D eigenvalue weighted by molar-refractivity contribution is -0.147. The number of ether oxygens (including phenoxy) is 1. The Morgan fingerprint density at radius 3 is 3.04 bits per heavy atom. The van der Waals surface area contributed by atoms with Crippen molar-refractivity contribution in [3.05, 3.63) is 22.4 Å². The SMILES string of the molecule is COCCN(Cc1cccs1)C(=O)CN1C[C@H]2C[C@H](C1)[C@H]1CCCC(=O)N1C2. The van der Waals surface area contributed by atoms with E-state index < -0.39 is 0 Å². The van der Waals surface area contributed by atoms with Gasteiger partial charge in [-0.25, -0.2) is 0 Å². The summed E-state index contributed by atoms with van der Waals surface area (Å²) in [6, 6.07) is 4.51. The van der Waals surface area contributed by atoms with Crippen LogP contribution in [-0.2, 0) is 20.9 Å². The molecule has 3 aliphatic heterocycles. The maximum atomic E-state index is 13.1. The third-order valence-corrected chi connectivity index (χ3v) is 7.32. The highest BCUT2D eigenvalue weighted by molar-refractivity contribution is 7.09. The van der Waals surface area contributed by atoms with Crippen molar-refractivity contribution in [3.63, 3.8) is 0 Å². The van der Waals surface area contributed by atoms with Crippen LogP contribution in [0.25, 0.3) is 0 Å². The molecular formula is C21H31N3O3S. The Hall–Kier alpha value is -1.44. The van der Waals surface area contributed by atoms with Crippen LogP contribution < -0.4 is 0 Å². The summed E-state index contributed by atoms with van der Waals surface area (Å²) < 4.78 is 5.22. The number of piperidine rings is 3. The zero-order valence-electron chi connectivity index (χ0n) is 16.7. The summed E-state index contributed by atoms with van der Waals surface area (Å²) in [7, 11) is 1.68. The fourth-order valence-corrected chi connectivity index (χ4v) is 5.94. The fraction of sp³-hybridized carbons (Fsp3) is 0.714. The van der Waals surface area contributed by atoms with Crippen molar-refractivity contribution in [2.45, 2.75) is 38.3 Å². The minimum atomic E-state index is 0.182. The molecule has 0 radical (unpaired) electrons. The van der Waals surface area contributed by atoms with Gasteiger partial charge in [0.2, 0.25) is 11.8 Å². The van der Waals surface area contributed by atoms with Gasteiger partial charge in [-0.1, -0.05) is 6.07 Å². The minimum Gasteiger partial charge on any atom is -0.383 e. The Morgan fingerprint density at radius 2 is 2.25 bits per heavy atom. The van der Waals surface area contributed by atoms with Crippen molar-refractivity contribution >= 4 is 23.2 Å². The molecular weight excluding hydrogens is 374 g/mol. The van der Waals surface area contributed by atoms with Crippen LogP contribution in [0.3, 0.4) is 0 Å². The molecule has 2 bridgehead atoms. The summed E-state index contributed by atoms with van der Waals surface area (Å²) in [5.74, 6) is 1.56. The van der Waals surface area contributed by atoms with E-state index in [1.165, 1.54) is 11.3 Å². The zero-order valence-corrected chi connectivity index (χ0v) is 17.5. The number of fused-ring (bicyclic) bond motifs is 4. The van der Waals surface area contributed by atoms with Gasteiger partial charge in [0, 0.05) is 50.6 Å². The highest BCUT2D eigenvalue weighted by Crippen LogP contribution is 2.37. The molecule has 1 aromatic rings. The number of amides is 2. The molecule has 0 N–H and O–H groups in total. The first kappa shape index (κ1) is 19.9. The number of likely N-dealkylation sites (tertiary alicyclic amines) is 1. The molecule has 4 heterocycles. The number of hydrogen-bond donors (Lipinski definition) is 0. The van der Waals surface area contributed by atoms with Gasteiger partial charge in [0.1, 0.15) is 0 Å². The number of methoxy groups -OCH3 is 1. The summed E-state index contributed by atoms with van der Waals surface area (Å²) in [5.41, 5.74) is 0. The van der Waals surface area contributed by atoms with Crippen LogP contribution in [0, 0.1) is 11.8 Å². The van der Waals surface area contributed by atoms with Gasteiger partial charge in [0.25, 0.3) is 0 Å². The Balaban J connectivity index is 1.37. The topological polar surface area (TPSA) is 53.1 Å². The largest absolute Gasteiger partial charge is 0.383 e. The Morgan fingerprint density at radius 1 is 1.36 bits per heavy atom. The second-order valence-corrected chi connectivity index (χ2v) is 9.48. The van der Waals surface area contributed by atoms with Gasteiger partial charge in [0.05, 0.1) is 19.7 Å². The molecule has 0 aromatic carbocycles. The Labute approximate surface area is 171 Å². The van der Waals surface area contributed by atoms with Crippen LogP contribution in [-0.4, -0.2) is 79.0 Å². The number of carbonyl (C=O) groups excluding carboxylic acids is 2. The van der Waals surface area contributed by atoms with Crippen molar-refractivity contribution in [3.8, 4) is 0 Å². The van der Waals surface area contributed by atoms with Crippen molar-refractivity contribution in [2.24, 2.45) is 11.8 Å². The van der Waals surface area contributed by atoms with Crippen molar-refractivity contribution in [1.29, 1.82) is 0 Å². The summed E-state index contributed by atoms with van der Waals surface area (Å²) in [6.07, 6.45) is 4.08. The Bertz CT molecular complexity index is 680. The molecule has 6 nitrogen and oxygen atoms in total. The summed E-state index contributed by atoms with van der Waals surface area (Å²) in [4.78, 5) is 33.0. The molecule has 2 amide bonds. The second kappa shape index (κ2) is 8.93. The highest BCUT2D eigenvalue weighted by atomic mass is 32.1.